The lowest BCUT2D eigenvalue weighted by atomic mass is 10.3. The van der Waals surface area contributed by atoms with E-state index in [2.05, 4.69) is 10.4 Å². The first-order valence-corrected chi connectivity index (χ1v) is 5.59. The van der Waals surface area contributed by atoms with Crippen molar-refractivity contribution >= 4 is 23.2 Å². The Kier molecular flexibility index (Phi) is 3.49. The largest absolute Gasteiger partial charge is 0.316 e. The molecule has 16 heavy (non-hydrogen) atoms. The van der Waals surface area contributed by atoms with Gasteiger partial charge in [-0.1, -0.05) is 23.2 Å². The zero-order chi connectivity index (χ0) is 11.5. The molecule has 0 unspecified atom stereocenters. The fraction of sp³-hybridized carbons (Fsp3) is 0.182. The molecule has 1 aromatic carbocycles. The van der Waals surface area contributed by atoms with E-state index in [0.717, 1.165) is 17.8 Å². The van der Waals surface area contributed by atoms with Crippen LogP contribution in [0.25, 0.3) is 5.69 Å². The van der Waals surface area contributed by atoms with E-state index in [1.807, 2.05) is 31.6 Å². The summed E-state index contributed by atoms with van der Waals surface area (Å²) < 4.78 is 1.75. The van der Waals surface area contributed by atoms with E-state index >= 15 is 0 Å². The molecule has 3 nitrogen and oxygen atoms in total. The van der Waals surface area contributed by atoms with Crippen LogP contribution in [0.3, 0.4) is 0 Å². The number of nitrogens with zero attached hydrogens (tertiary/aromatic N) is 2. The Morgan fingerprint density at radius 3 is 2.56 bits per heavy atom. The molecule has 84 valence electrons. The molecule has 2 aromatic rings. The maximum Gasteiger partial charge on any atom is 0.0675 e. The summed E-state index contributed by atoms with van der Waals surface area (Å²) in [5.41, 5.74) is 1.97. The van der Waals surface area contributed by atoms with Gasteiger partial charge in [0.25, 0.3) is 0 Å². The molecule has 0 amide bonds. The number of hydrogen-bond acceptors (Lipinski definition) is 2. The molecular weight excluding hydrogens is 245 g/mol. The fourth-order valence-corrected chi connectivity index (χ4v) is 1.98. The van der Waals surface area contributed by atoms with Gasteiger partial charge in [-0.05, 0) is 25.2 Å². The van der Waals surface area contributed by atoms with Gasteiger partial charge in [0.15, 0.2) is 0 Å². The van der Waals surface area contributed by atoms with Crippen molar-refractivity contribution in [2.24, 2.45) is 0 Å². The van der Waals surface area contributed by atoms with E-state index in [0.29, 0.717) is 10.0 Å². The second-order valence-corrected chi connectivity index (χ2v) is 4.32. The van der Waals surface area contributed by atoms with Crippen LogP contribution in [0.15, 0.2) is 30.6 Å². The summed E-state index contributed by atoms with van der Waals surface area (Å²) in [4.78, 5) is 0. The quantitative estimate of drug-likeness (QED) is 0.915. The second-order valence-electron chi connectivity index (χ2n) is 3.45. The highest BCUT2D eigenvalue weighted by Gasteiger charge is 2.03. The standard InChI is InChI=1S/C11H11Cl2N3/c1-14-5-8-6-15-16(7-8)11-3-9(12)2-10(13)4-11/h2-4,6-7,14H,5H2,1H3. The molecule has 0 saturated heterocycles. The van der Waals surface area contributed by atoms with Gasteiger partial charge in [0.05, 0.1) is 11.9 Å². The van der Waals surface area contributed by atoms with Gasteiger partial charge >= 0.3 is 0 Å². The van der Waals surface area contributed by atoms with Crippen LogP contribution in [-0.2, 0) is 6.54 Å². The van der Waals surface area contributed by atoms with E-state index in [-0.39, 0.29) is 0 Å². The van der Waals surface area contributed by atoms with Gasteiger partial charge in [-0.25, -0.2) is 4.68 Å². The smallest absolute Gasteiger partial charge is 0.0675 e. The van der Waals surface area contributed by atoms with Crippen LogP contribution in [0.5, 0.6) is 0 Å². The zero-order valence-electron chi connectivity index (χ0n) is 8.74. The lowest BCUT2D eigenvalue weighted by molar-refractivity contribution is 0.816. The first kappa shape index (κ1) is 11.5. The molecule has 1 N–H and O–H groups in total. The summed E-state index contributed by atoms with van der Waals surface area (Å²) in [5, 5.41) is 8.52. The van der Waals surface area contributed by atoms with Gasteiger partial charge in [-0.3, -0.25) is 0 Å². The predicted octanol–water partition coefficient (Wildman–Crippen LogP) is 2.90. The number of halogens is 2. The molecule has 0 spiro atoms. The number of aromatic nitrogens is 2. The summed E-state index contributed by atoms with van der Waals surface area (Å²) >= 11 is 11.9. The van der Waals surface area contributed by atoms with E-state index in [4.69, 9.17) is 23.2 Å². The molecule has 0 aliphatic rings. The summed E-state index contributed by atoms with van der Waals surface area (Å²) in [6.07, 6.45) is 3.75. The molecule has 1 heterocycles. The summed E-state index contributed by atoms with van der Waals surface area (Å²) in [6.45, 7) is 0.786. The van der Waals surface area contributed by atoms with E-state index in [9.17, 15) is 0 Å². The number of rotatable bonds is 3. The average molecular weight is 256 g/mol. The second kappa shape index (κ2) is 4.87. The minimum atomic E-state index is 0.605. The lowest BCUT2D eigenvalue weighted by Gasteiger charge is -2.02. The highest BCUT2D eigenvalue weighted by Crippen LogP contribution is 2.21. The van der Waals surface area contributed by atoms with Gasteiger partial charge in [-0.15, -0.1) is 0 Å². The maximum atomic E-state index is 5.93. The van der Waals surface area contributed by atoms with Crippen LogP contribution >= 0.6 is 23.2 Å². The first-order chi connectivity index (χ1) is 7.69. The van der Waals surface area contributed by atoms with Crippen LogP contribution in [0, 0.1) is 0 Å². The number of nitrogens with one attached hydrogen (secondary N) is 1. The molecule has 2 rings (SSSR count). The summed E-state index contributed by atoms with van der Waals surface area (Å²) in [5.74, 6) is 0. The Balaban J connectivity index is 2.34. The van der Waals surface area contributed by atoms with Gasteiger partial charge in [0.1, 0.15) is 0 Å². The predicted molar refractivity (Wildman–Crippen MR) is 66.3 cm³/mol. The monoisotopic (exact) mass is 255 g/mol. The van der Waals surface area contributed by atoms with E-state index < -0.39 is 0 Å². The third kappa shape index (κ3) is 2.55. The van der Waals surface area contributed by atoms with Crippen molar-refractivity contribution in [1.29, 1.82) is 0 Å². The number of hydrogen-bond donors (Lipinski definition) is 1. The Bertz CT molecular complexity index is 473. The Labute approximate surface area is 104 Å². The Morgan fingerprint density at radius 1 is 1.25 bits per heavy atom. The normalized spacial score (nSPS) is 10.7. The highest BCUT2D eigenvalue weighted by atomic mass is 35.5. The van der Waals surface area contributed by atoms with Crippen molar-refractivity contribution in [3.8, 4) is 5.69 Å². The topological polar surface area (TPSA) is 29.9 Å². The van der Waals surface area contributed by atoms with E-state index in [1.165, 1.54) is 0 Å². The van der Waals surface area contributed by atoms with Crippen LogP contribution in [-0.4, -0.2) is 16.8 Å². The van der Waals surface area contributed by atoms with Crippen molar-refractivity contribution in [2.45, 2.75) is 6.54 Å². The minimum absolute atomic E-state index is 0.605. The van der Waals surface area contributed by atoms with Crippen molar-refractivity contribution < 1.29 is 0 Å². The Morgan fingerprint density at radius 2 is 1.94 bits per heavy atom. The van der Waals surface area contributed by atoms with Crippen molar-refractivity contribution in [2.75, 3.05) is 7.05 Å². The maximum absolute atomic E-state index is 5.93. The van der Waals surface area contributed by atoms with Gasteiger partial charge in [0, 0.05) is 28.4 Å². The molecule has 0 fully saturated rings. The summed E-state index contributed by atoms with van der Waals surface area (Å²) in [6, 6.07) is 5.35. The van der Waals surface area contributed by atoms with E-state index in [1.54, 1.807) is 10.7 Å². The highest BCUT2D eigenvalue weighted by molar-refractivity contribution is 6.34. The lowest BCUT2D eigenvalue weighted by Crippen LogP contribution is -2.03. The van der Waals surface area contributed by atoms with Crippen LogP contribution < -0.4 is 5.32 Å². The Hall–Kier alpha value is -1.03. The minimum Gasteiger partial charge on any atom is -0.316 e. The molecule has 0 bridgehead atoms. The van der Waals surface area contributed by atoms with Crippen LogP contribution in [0.1, 0.15) is 5.56 Å². The molecule has 0 aliphatic heterocycles. The third-order valence-corrected chi connectivity index (χ3v) is 2.57. The van der Waals surface area contributed by atoms with Crippen molar-refractivity contribution in [3.05, 3.63) is 46.2 Å². The molecule has 1 aromatic heterocycles. The van der Waals surface area contributed by atoms with Crippen LogP contribution in [0.2, 0.25) is 10.0 Å². The molecule has 0 aliphatic carbocycles. The molecule has 0 saturated carbocycles. The molecule has 0 radical (unpaired) electrons. The van der Waals surface area contributed by atoms with Gasteiger partial charge in [0.2, 0.25) is 0 Å². The SMILES string of the molecule is CNCc1cnn(-c2cc(Cl)cc(Cl)c2)c1. The first-order valence-electron chi connectivity index (χ1n) is 4.83. The fourth-order valence-electron chi connectivity index (χ4n) is 1.47. The molecular formula is C11H11Cl2N3. The molecule has 0 atom stereocenters. The van der Waals surface area contributed by atoms with Gasteiger partial charge < -0.3 is 5.32 Å². The number of benzene rings is 1. The summed E-state index contributed by atoms with van der Waals surface area (Å²) in [7, 11) is 1.90. The van der Waals surface area contributed by atoms with Crippen molar-refractivity contribution in [1.82, 2.24) is 15.1 Å². The zero-order valence-corrected chi connectivity index (χ0v) is 10.3. The van der Waals surface area contributed by atoms with Crippen molar-refractivity contribution in [3.63, 3.8) is 0 Å². The molecule has 5 heteroatoms. The van der Waals surface area contributed by atoms with Gasteiger partial charge in [-0.2, -0.15) is 5.10 Å². The third-order valence-electron chi connectivity index (χ3n) is 2.13. The average Bonchev–Trinajstić information content (AvgIpc) is 2.65. The van der Waals surface area contributed by atoms with Crippen LogP contribution in [0.4, 0.5) is 0 Å².